The fourth-order valence-electron chi connectivity index (χ4n) is 3.46. The molecule has 0 aliphatic carbocycles. The Labute approximate surface area is 192 Å². The quantitative estimate of drug-likeness (QED) is 0.179. The standard InChI is InChI=1S/C28H35NO3/c1-3-5-7-9-11-21-31-26-18-14-24(15-19-26)28-22-27(29-32-28)23-12-16-25(17-13-23)30-20-10-8-6-4-2/h4,12-19,22H,2-3,5-11,20-21H2,1H3. The molecule has 0 bridgehead atoms. The Morgan fingerprint density at radius 1 is 0.781 bits per heavy atom. The SMILES string of the molecule is C=CCCCCOc1ccc(-c2cc(-c3ccc(OCCCCCCC)cc3)on2)cc1. The van der Waals surface area contributed by atoms with Gasteiger partial charge in [-0.15, -0.1) is 6.58 Å². The number of unbranched alkanes of at least 4 members (excludes halogenated alkanes) is 6. The van der Waals surface area contributed by atoms with Gasteiger partial charge in [-0.2, -0.15) is 0 Å². The first-order valence-corrected chi connectivity index (χ1v) is 11.8. The molecule has 0 saturated heterocycles. The van der Waals surface area contributed by atoms with Crippen molar-refractivity contribution < 1.29 is 14.0 Å². The normalized spacial score (nSPS) is 10.8. The van der Waals surface area contributed by atoms with E-state index in [9.17, 15) is 0 Å². The molecule has 170 valence electrons. The van der Waals surface area contributed by atoms with Crippen molar-refractivity contribution >= 4 is 0 Å². The molecule has 32 heavy (non-hydrogen) atoms. The van der Waals surface area contributed by atoms with E-state index in [4.69, 9.17) is 14.0 Å². The van der Waals surface area contributed by atoms with E-state index in [2.05, 4.69) is 18.7 Å². The first-order valence-electron chi connectivity index (χ1n) is 11.8. The summed E-state index contributed by atoms with van der Waals surface area (Å²) in [6.07, 6.45) is 11.3. The largest absolute Gasteiger partial charge is 0.494 e. The van der Waals surface area contributed by atoms with Gasteiger partial charge in [0.1, 0.15) is 17.2 Å². The second-order valence-electron chi connectivity index (χ2n) is 8.02. The van der Waals surface area contributed by atoms with Gasteiger partial charge < -0.3 is 14.0 Å². The van der Waals surface area contributed by atoms with Gasteiger partial charge in [0.2, 0.25) is 0 Å². The van der Waals surface area contributed by atoms with Gasteiger partial charge in [0.15, 0.2) is 5.76 Å². The van der Waals surface area contributed by atoms with Crippen LogP contribution in [0.4, 0.5) is 0 Å². The lowest BCUT2D eigenvalue weighted by atomic mass is 10.1. The Balaban J connectivity index is 1.49. The van der Waals surface area contributed by atoms with Crippen molar-refractivity contribution in [3.63, 3.8) is 0 Å². The van der Waals surface area contributed by atoms with Crippen molar-refractivity contribution in [1.82, 2.24) is 5.16 Å². The van der Waals surface area contributed by atoms with Crippen molar-refractivity contribution in [1.29, 1.82) is 0 Å². The van der Waals surface area contributed by atoms with Crippen LogP contribution in [0.25, 0.3) is 22.6 Å². The molecule has 3 aromatic rings. The molecule has 0 unspecified atom stereocenters. The third-order valence-electron chi connectivity index (χ3n) is 5.39. The minimum atomic E-state index is 0.722. The molecular formula is C28H35NO3. The molecule has 4 nitrogen and oxygen atoms in total. The van der Waals surface area contributed by atoms with Gasteiger partial charge in [0.05, 0.1) is 13.2 Å². The first kappa shape index (κ1) is 23.6. The summed E-state index contributed by atoms with van der Waals surface area (Å²) in [4.78, 5) is 0. The zero-order chi connectivity index (χ0) is 22.4. The van der Waals surface area contributed by atoms with Gasteiger partial charge in [-0.3, -0.25) is 0 Å². The highest BCUT2D eigenvalue weighted by atomic mass is 16.5. The van der Waals surface area contributed by atoms with E-state index in [1.165, 1.54) is 25.7 Å². The average molecular weight is 434 g/mol. The van der Waals surface area contributed by atoms with Crippen molar-refractivity contribution in [3.8, 4) is 34.1 Å². The second-order valence-corrected chi connectivity index (χ2v) is 8.02. The molecule has 0 aliphatic rings. The molecule has 0 atom stereocenters. The van der Waals surface area contributed by atoms with Crippen LogP contribution in [0.1, 0.15) is 58.3 Å². The highest BCUT2D eigenvalue weighted by Crippen LogP contribution is 2.28. The summed E-state index contributed by atoms with van der Waals surface area (Å²) in [5.74, 6) is 2.51. The lowest BCUT2D eigenvalue weighted by Crippen LogP contribution is -1.97. The summed E-state index contributed by atoms with van der Waals surface area (Å²) in [6, 6.07) is 18.0. The molecule has 0 N–H and O–H groups in total. The lowest BCUT2D eigenvalue weighted by molar-refractivity contribution is 0.304. The summed E-state index contributed by atoms with van der Waals surface area (Å²) >= 11 is 0. The first-order chi connectivity index (χ1) is 15.8. The topological polar surface area (TPSA) is 44.5 Å². The monoisotopic (exact) mass is 433 g/mol. The van der Waals surface area contributed by atoms with Crippen LogP contribution in [0.3, 0.4) is 0 Å². The fraction of sp³-hybridized carbons (Fsp3) is 0.393. The van der Waals surface area contributed by atoms with E-state index in [1.807, 2.05) is 60.7 Å². The molecule has 0 fully saturated rings. The molecule has 0 spiro atoms. The van der Waals surface area contributed by atoms with Crippen LogP contribution in [-0.2, 0) is 0 Å². The highest BCUT2D eigenvalue weighted by Gasteiger charge is 2.09. The molecule has 2 aromatic carbocycles. The Bertz CT molecular complexity index is 913. The summed E-state index contributed by atoms with van der Waals surface area (Å²) in [5.41, 5.74) is 2.80. The summed E-state index contributed by atoms with van der Waals surface area (Å²) in [6.45, 7) is 7.46. The Morgan fingerprint density at radius 2 is 1.38 bits per heavy atom. The third-order valence-corrected chi connectivity index (χ3v) is 5.39. The van der Waals surface area contributed by atoms with Crippen molar-refractivity contribution in [2.24, 2.45) is 0 Å². The molecular weight excluding hydrogens is 398 g/mol. The Hall–Kier alpha value is -3.01. The van der Waals surface area contributed by atoms with E-state index in [0.29, 0.717) is 0 Å². The van der Waals surface area contributed by atoms with Crippen molar-refractivity contribution in [2.45, 2.75) is 58.3 Å². The number of allylic oxidation sites excluding steroid dienone is 1. The zero-order valence-corrected chi connectivity index (χ0v) is 19.2. The van der Waals surface area contributed by atoms with Crippen LogP contribution < -0.4 is 9.47 Å². The predicted octanol–water partition coefficient (Wildman–Crippen LogP) is 8.09. The van der Waals surface area contributed by atoms with E-state index in [0.717, 1.165) is 73.0 Å². The highest BCUT2D eigenvalue weighted by molar-refractivity contribution is 5.67. The van der Waals surface area contributed by atoms with E-state index >= 15 is 0 Å². The maximum absolute atomic E-state index is 5.85. The molecule has 0 saturated carbocycles. The number of aromatic nitrogens is 1. The summed E-state index contributed by atoms with van der Waals surface area (Å²) in [7, 11) is 0. The minimum absolute atomic E-state index is 0.722. The molecule has 0 amide bonds. The van der Waals surface area contributed by atoms with E-state index < -0.39 is 0 Å². The van der Waals surface area contributed by atoms with Crippen LogP contribution in [0.15, 0.2) is 71.8 Å². The van der Waals surface area contributed by atoms with Crippen LogP contribution >= 0.6 is 0 Å². The number of hydrogen-bond acceptors (Lipinski definition) is 4. The Kier molecular flexibility index (Phi) is 9.91. The molecule has 1 heterocycles. The van der Waals surface area contributed by atoms with Crippen molar-refractivity contribution in [3.05, 3.63) is 67.3 Å². The van der Waals surface area contributed by atoms with Crippen LogP contribution in [-0.4, -0.2) is 18.4 Å². The molecule has 1 aromatic heterocycles. The lowest BCUT2D eigenvalue weighted by Gasteiger charge is -2.06. The number of ether oxygens (including phenoxy) is 2. The average Bonchev–Trinajstić information content (AvgIpc) is 3.32. The maximum Gasteiger partial charge on any atom is 0.167 e. The summed E-state index contributed by atoms with van der Waals surface area (Å²) < 4.78 is 17.2. The van der Waals surface area contributed by atoms with Gasteiger partial charge in [-0.05, 0) is 74.2 Å². The van der Waals surface area contributed by atoms with Crippen LogP contribution in [0.2, 0.25) is 0 Å². The van der Waals surface area contributed by atoms with E-state index in [1.54, 1.807) is 0 Å². The van der Waals surface area contributed by atoms with E-state index in [-0.39, 0.29) is 0 Å². The van der Waals surface area contributed by atoms with Gasteiger partial charge >= 0.3 is 0 Å². The molecule has 3 rings (SSSR count). The van der Waals surface area contributed by atoms with Gasteiger partial charge in [0, 0.05) is 17.2 Å². The number of hydrogen-bond donors (Lipinski definition) is 0. The minimum Gasteiger partial charge on any atom is -0.494 e. The van der Waals surface area contributed by atoms with Gasteiger partial charge in [0.25, 0.3) is 0 Å². The maximum atomic E-state index is 5.85. The zero-order valence-electron chi connectivity index (χ0n) is 19.2. The molecule has 4 heteroatoms. The second kappa shape index (κ2) is 13.4. The van der Waals surface area contributed by atoms with Crippen molar-refractivity contribution in [2.75, 3.05) is 13.2 Å². The molecule has 0 aliphatic heterocycles. The fourth-order valence-corrected chi connectivity index (χ4v) is 3.46. The van der Waals surface area contributed by atoms with Crippen LogP contribution in [0.5, 0.6) is 11.5 Å². The smallest absolute Gasteiger partial charge is 0.167 e. The summed E-state index contributed by atoms with van der Waals surface area (Å²) in [5, 5.41) is 4.24. The third kappa shape index (κ3) is 7.60. The van der Waals surface area contributed by atoms with Gasteiger partial charge in [-0.1, -0.05) is 43.8 Å². The molecule has 0 radical (unpaired) electrons. The van der Waals surface area contributed by atoms with Gasteiger partial charge in [-0.25, -0.2) is 0 Å². The number of rotatable bonds is 15. The van der Waals surface area contributed by atoms with Crippen LogP contribution in [0, 0.1) is 0 Å². The number of nitrogens with zero attached hydrogens (tertiary/aromatic N) is 1. The predicted molar refractivity (Wildman–Crippen MR) is 131 cm³/mol. The number of benzene rings is 2. The Morgan fingerprint density at radius 3 is 2.00 bits per heavy atom.